The summed E-state index contributed by atoms with van der Waals surface area (Å²) in [4.78, 5) is 15.2. The van der Waals surface area contributed by atoms with Gasteiger partial charge < -0.3 is 4.57 Å². The Labute approximate surface area is 299 Å². The van der Waals surface area contributed by atoms with Gasteiger partial charge in [0, 0.05) is 33.2 Å². The molecular formula is C47H40N4. The SMILES string of the molecule is CC1(C)CCC(C)(C)c2cc(-c3nc(-c4ccccc4)nc(-c4ccc(-c5ccc6c7ccccc7n(-c7ccccc7)c6c5)cc4)n3)ccc21. The van der Waals surface area contributed by atoms with E-state index in [2.05, 4.69) is 160 Å². The lowest BCUT2D eigenvalue weighted by Gasteiger charge is -2.42. The Balaban J connectivity index is 1.14. The third-order valence-electron chi connectivity index (χ3n) is 10.9. The largest absolute Gasteiger partial charge is 0.309 e. The van der Waals surface area contributed by atoms with Crippen molar-refractivity contribution < 1.29 is 0 Å². The quantitative estimate of drug-likeness (QED) is 0.184. The lowest BCUT2D eigenvalue weighted by atomic mass is 9.63. The molecular weight excluding hydrogens is 621 g/mol. The first-order chi connectivity index (χ1) is 24.7. The molecule has 1 aliphatic carbocycles. The maximum atomic E-state index is 5.12. The first-order valence-electron chi connectivity index (χ1n) is 17.9. The fraction of sp³-hybridized carbons (Fsp3) is 0.170. The molecule has 0 saturated carbocycles. The molecule has 0 atom stereocenters. The molecule has 9 rings (SSSR count). The van der Waals surface area contributed by atoms with Crippen LogP contribution in [0.25, 0.3) is 72.8 Å². The molecule has 1 aliphatic rings. The Morgan fingerprint density at radius 3 is 1.63 bits per heavy atom. The number of hydrogen-bond acceptors (Lipinski definition) is 3. The van der Waals surface area contributed by atoms with Gasteiger partial charge in [-0.3, -0.25) is 0 Å². The predicted molar refractivity (Wildman–Crippen MR) is 211 cm³/mol. The summed E-state index contributed by atoms with van der Waals surface area (Å²) < 4.78 is 2.36. The number of hydrogen-bond donors (Lipinski definition) is 0. The van der Waals surface area contributed by atoms with Crippen LogP contribution in [0.5, 0.6) is 0 Å². The van der Waals surface area contributed by atoms with E-state index in [-0.39, 0.29) is 10.8 Å². The van der Waals surface area contributed by atoms with Gasteiger partial charge >= 0.3 is 0 Å². The normalized spacial score (nSPS) is 14.8. The number of fused-ring (bicyclic) bond motifs is 4. The lowest BCUT2D eigenvalue weighted by molar-refractivity contribution is 0.332. The number of aromatic nitrogens is 4. The van der Waals surface area contributed by atoms with E-state index >= 15 is 0 Å². The van der Waals surface area contributed by atoms with Gasteiger partial charge in [-0.25, -0.2) is 15.0 Å². The minimum Gasteiger partial charge on any atom is -0.309 e. The molecule has 0 amide bonds. The molecule has 2 heterocycles. The molecule has 0 spiro atoms. The van der Waals surface area contributed by atoms with Crippen LogP contribution in [0, 0.1) is 0 Å². The fourth-order valence-electron chi connectivity index (χ4n) is 7.90. The first-order valence-corrected chi connectivity index (χ1v) is 17.9. The number of para-hydroxylation sites is 2. The second kappa shape index (κ2) is 11.9. The van der Waals surface area contributed by atoms with Gasteiger partial charge in [0.2, 0.25) is 0 Å². The Bertz CT molecular complexity index is 2560. The van der Waals surface area contributed by atoms with Crippen molar-refractivity contribution in [3.8, 4) is 51.0 Å². The van der Waals surface area contributed by atoms with Crippen LogP contribution in [-0.4, -0.2) is 19.5 Å². The van der Waals surface area contributed by atoms with Crippen molar-refractivity contribution in [3.63, 3.8) is 0 Å². The standard InChI is InChI=1S/C47H40N4/c1-46(2)27-28-47(3,4)40-29-35(24-26-39(40)46)45-49-43(32-13-7-5-8-14-32)48-44(50-45)33-21-19-31(20-22-33)34-23-25-38-37-17-11-12-18-41(37)51(42(38)30-34)36-15-9-6-10-16-36/h5-26,29-30H,27-28H2,1-4H3. The van der Waals surface area contributed by atoms with Gasteiger partial charge in [0.05, 0.1) is 11.0 Å². The zero-order chi connectivity index (χ0) is 34.7. The zero-order valence-electron chi connectivity index (χ0n) is 29.6. The average molecular weight is 661 g/mol. The summed E-state index contributed by atoms with van der Waals surface area (Å²) in [6, 6.07) is 51.7. The summed E-state index contributed by atoms with van der Waals surface area (Å²) in [7, 11) is 0. The highest BCUT2D eigenvalue weighted by atomic mass is 15.0. The predicted octanol–water partition coefficient (Wildman–Crippen LogP) is 12.0. The van der Waals surface area contributed by atoms with E-state index < -0.39 is 0 Å². The highest BCUT2D eigenvalue weighted by Gasteiger charge is 2.37. The van der Waals surface area contributed by atoms with Gasteiger partial charge in [-0.05, 0) is 76.3 Å². The summed E-state index contributed by atoms with van der Waals surface area (Å²) in [5.41, 5.74) is 11.9. The third kappa shape index (κ3) is 5.43. The minimum absolute atomic E-state index is 0.0906. The molecule has 4 heteroatoms. The number of benzene rings is 6. The van der Waals surface area contributed by atoms with E-state index in [0.29, 0.717) is 17.5 Å². The minimum atomic E-state index is 0.0906. The molecule has 0 radical (unpaired) electrons. The van der Waals surface area contributed by atoms with Gasteiger partial charge in [-0.1, -0.05) is 143 Å². The van der Waals surface area contributed by atoms with Crippen molar-refractivity contribution in [3.05, 3.63) is 157 Å². The van der Waals surface area contributed by atoms with Crippen LogP contribution in [0.15, 0.2) is 146 Å². The molecule has 0 unspecified atom stereocenters. The van der Waals surface area contributed by atoms with E-state index in [4.69, 9.17) is 15.0 Å². The molecule has 0 saturated heterocycles. The molecule has 0 N–H and O–H groups in total. The molecule has 0 fully saturated rings. The monoisotopic (exact) mass is 660 g/mol. The molecule has 6 aromatic carbocycles. The van der Waals surface area contributed by atoms with Crippen LogP contribution >= 0.6 is 0 Å². The Morgan fingerprint density at radius 2 is 0.922 bits per heavy atom. The average Bonchev–Trinajstić information content (AvgIpc) is 3.51. The zero-order valence-corrected chi connectivity index (χ0v) is 29.6. The van der Waals surface area contributed by atoms with Crippen molar-refractivity contribution in [1.82, 2.24) is 19.5 Å². The number of rotatable bonds is 5. The van der Waals surface area contributed by atoms with E-state index in [9.17, 15) is 0 Å². The summed E-state index contributed by atoms with van der Waals surface area (Å²) in [6.07, 6.45) is 2.34. The lowest BCUT2D eigenvalue weighted by Crippen LogP contribution is -2.33. The summed E-state index contributed by atoms with van der Waals surface area (Å²) in [6.45, 7) is 9.44. The molecule has 0 aliphatic heterocycles. The van der Waals surface area contributed by atoms with Gasteiger partial charge in [-0.15, -0.1) is 0 Å². The van der Waals surface area contributed by atoms with Crippen LogP contribution < -0.4 is 0 Å². The van der Waals surface area contributed by atoms with Gasteiger partial charge in [-0.2, -0.15) is 0 Å². The summed E-state index contributed by atoms with van der Waals surface area (Å²) >= 11 is 0. The van der Waals surface area contributed by atoms with Crippen molar-refractivity contribution in [2.45, 2.75) is 51.4 Å². The van der Waals surface area contributed by atoms with Crippen LogP contribution in [0.1, 0.15) is 51.7 Å². The molecule has 4 nitrogen and oxygen atoms in total. The van der Waals surface area contributed by atoms with Crippen LogP contribution in [0.3, 0.4) is 0 Å². The van der Waals surface area contributed by atoms with E-state index in [1.165, 1.54) is 39.4 Å². The smallest absolute Gasteiger partial charge is 0.164 e. The highest BCUT2D eigenvalue weighted by Crippen LogP contribution is 2.47. The molecule has 51 heavy (non-hydrogen) atoms. The highest BCUT2D eigenvalue weighted by molar-refractivity contribution is 6.10. The van der Waals surface area contributed by atoms with Crippen LogP contribution in [0.2, 0.25) is 0 Å². The van der Waals surface area contributed by atoms with Crippen molar-refractivity contribution in [1.29, 1.82) is 0 Å². The summed E-state index contributed by atoms with van der Waals surface area (Å²) in [5.74, 6) is 2.04. The Morgan fingerprint density at radius 1 is 0.412 bits per heavy atom. The second-order valence-electron chi connectivity index (χ2n) is 15.2. The van der Waals surface area contributed by atoms with Crippen LogP contribution in [-0.2, 0) is 10.8 Å². The van der Waals surface area contributed by atoms with Gasteiger partial charge in [0.25, 0.3) is 0 Å². The number of nitrogens with zero attached hydrogens (tertiary/aromatic N) is 4. The topological polar surface area (TPSA) is 43.6 Å². The maximum absolute atomic E-state index is 5.12. The van der Waals surface area contributed by atoms with Crippen molar-refractivity contribution >= 4 is 21.8 Å². The maximum Gasteiger partial charge on any atom is 0.164 e. The third-order valence-corrected chi connectivity index (χ3v) is 10.9. The second-order valence-corrected chi connectivity index (χ2v) is 15.2. The van der Waals surface area contributed by atoms with Crippen molar-refractivity contribution in [2.24, 2.45) is 0 Å². The van der Waals surface area contributed by atoms with E-state index in [1.54, 1.807) is 0 Å². The van der Waals surface area contributed by atoms with Gasteiger partial charge in [0.15, 0.2) is 17.5 Å². The van der Waals surface area contributed by atoms with E-state index in [1.807, 2.05) is 18.2 Å². The Kier molecular flexibility index (Phi) is 7.25. The van der Waals surface area contributed by atoms with Crippen LogP contribution in [0.4, 0.5) is 0 Å². The fourth-order valence-corrected chi connectivity index (χ4v) is 7.90. The Hall–Kier alpha value is -5.87. The molecule has 2 aromatic heterocycles. The molecule has 248 valence electrons. The summed E-state index contributed by atoms with van der Waals surface area (Å²) in [5, 5.41) is 2.50. The van der Waals surface area contributed by atoms with Gasteiger partial charge in [0.1, 0.15) is 0 Å². The molecule has 8 aromatic rings. The van der Waals surface area contributed by atoms with Crippen molar-refractivity contribution in [2.75, 3.05) is 0 Å². The molecule has 0 bridgehead atoms. The first kappa shape index (κ1) is 31.1. The van der Waals surface area contributed by atoms with E-state index in [0.717, 1.165) is 39.9 Å².